The number of amides is 1. The molecule has 1 aromatic carbocycles. The van der Waals surface area contributed by atoms with E-state index in [9.17, 15) is 18.0 Å². The summed E-state index contributed by atoms with van der Waals surface area (Å²) in [4.78, 5) is 16.2. The van der Waals surface area contributed by atoms with Crippen LogP contribution < -0.4 is 10.1 Å². The van der Waals surface area contributed by atoms with Gasteiger partial charge < -0.3 is 10.1 Å². The Morgan fingerprint density at radius 1 is 1.18 bits per heavy atom. The van der Waals surface area contributed by atoms with Crippen LogP contribution in [-0.4, -0.2) is 23.0 Å². The molecule has 9 heteroatoms. The minimum absolute atomic E-state index is 0.0111. The van der Waals surface area contributed by atoms with Gasteiger partial charge in [0.1, 0.15) is 6.10 Å². The molecule has 0 bridgehead atoms. The molecule has 0 spiro atoms. The molecule has 1 fully saturated rings. The Balaban J connectivity index is 1.50. The van der Waals surface area contributed by atoms with Gasteiger partial charge in [-0.15, -0.1) is 0 Å². The van der Waals surface area contributed by atoms with E-state index in [1.165, 1.54) is 6.07 Å². The second-order valence-corrected chi connectivity index (χ2v) is 7.89. The average molecular weight is 478 g/mol. The number of pyridine rings is 1. The summed E-state index contributed by atoms with van der Waals surface area (Å²) in [6, 6.07) is 7.26. The first-order chi connectivity index (χ1) is 13.2. The van der Waals surface area contributed by atoms with Crippen LogP contribution in [0.25, 0.3) is 0 Å². The first kappa shape index (κ1) is 20.9. The highest BCUT2D eigenvalue weighted by Crippen LogP contribution is 2.30. The highest BCUT2D eigenvalue weighted by molar-refractivity contribution is 9.10. The van der Waals surface area contributed by atoms with Crippen LogP contribution >= 0.6 is 27.5 Å². The van der Waals surface area contributed by atoms with Gasteiger partial charge >= 0.3 is 6.18 Å². The number of nitrogens with zero attached hydrogens (tertiary/aromatic N) is 1. The molecule has 1 saturated carbocycles. The van der Waals surface area contributed by atoms with E-state index >= 15 is 0 Å². The molecule has 1 aromatic heterocycles. The van der Waals surface area contributed by atoms with E-state index in [4.69, 9.17) is 16.3 Å². The van der Waals surface area contributed by atoms with Crippen LogP contribution in [0.3, 0.4) is 0 Å². The van der Waals surface area contributed by atoms with Gasteiger partial charge in [0.2, 0.25) is 5.88 Å². The predicted octanol–water partition coefficient (Wildman–Crippen LogP) is 5.64. The summed E-state index contributed by atoms with van der Waals surface area (Å²) >= 11 is 9.40. The Labute approximate surface area is 173 Å². The highest BCUT2D eigenvalue weighted by atomic mass is 79.9. The number of rotatable bonds is 4. The molecule has 1 amide bonds. The lowest BCUT2D eigenvalue weighted by molar-refractivity contribution is -0.137. The molecule has 28 heavy (non-hydrogen) atoms. The van der Waals surface area contributed by atoms with Crippen LogP contribution in [0.15, 0.2) is 41.0 Å². The SMILES string of the molecule is O=C(NC1CCC(Oc2ccc(C(F)(F)F)cn2)CC1)c1cc(Br)ccc1Cl. The normalized spacial score (nSPS) is 19.9. The molecule has 0 aliphatic heterocycles. The van der Waals surface area contributed by atoms with Crippen molar-refractivity contribution in [3.05, 3.63) is 57.2 Å². The summed E-state index contributed by atoms with van der Waals surface area (Å²) < 4.78 is 44.2. The number of aromatic nitrogens is 1. The Kier molecular flexibility index (Phi) is 6.50. The Hall–Kier alpha value is -1.80. The van der Waals surface area contributed by atoms with Crippen LogP contribution in [0, 0.1) is 0 Å². The number of nitrogens with one attached hydrogen (secondary N) is 1. The van der Waals surface area contributed by atoms with Gasteiger partial charge in [-0.1, -0.05) is 27.5 Å². The lowest BCUT2D eigenvalue weighted by atomic mass is 9.92. The Bertz CT molecular complexity index is 838. The van der Waals surface area contributed by atoms with E-state index in [-0.39, 0.29) is 23.9 Å². The van der Waals surface area contributed by atoms with Gasteiger partial charge in [0.05, 0.1) is 16.1 Å². The Morgan fingerprint density at radius 2 is 1.89 bits per heavy atom. The van der Waals surface area contributed by atoms with Crippen LogP contribution in [0.1, 0.15) is 41.6 Å². The van der Waals surface area contributed by atoms with E-state index < -0.39 is 11.7 Å². The molecule has 0 unspecified atom stereocenters. The molecule has 0 saturated heterocycles. The van der Waals surface area contributed by atoms with Crippen molar-refractivity contribution in [2.45, 2.75) is 44.0 Å². The quantitative estimate of drug-likeness (QED) is 0.620. The van der Waals surface area contributed by atoms with Crippen molar-refractivity contribution >= 4 is 33.4 Å². The number of carbonyl (C=O) groups is 1. The summed E-state index contributed by atoms with van der Waals surface area (Å²) in [6.45, 7) is 0. The first-order valence-electron chi connectivity index (χ1n) is 8.68. The van der Waals surface area contributed by atoms with Gasteiger partial charge in [0.25, 0.3) is 5.91 Å². The molecule has 1 N–H and O–H groups in total. The Morgan fingerprint density at radius 3 is 2.50 bits per heavy atom. The zero-order chi connectivity index (χ0) is 20.3. The second-order valence-electron chi connectivity index (χ2n) is 6.57. The number of ether oxygens (including phenoxy) is 1. The van der Waals surface area contributed by atoms with Crippen molar-refractivity contribution in [2.24, 2.45) is 0 Å². The minimum Gasteiger partial charge on any atom is -0.474 e. The summed E-state index contributed by atoms with van der Waals surface area (Å²) in [6.07, 6.45) is -1.07. The third-order valence-electron chi connectivity index (χ3n) is 4.53. The van der Waals surface area contributed by atoms with E-state index in [0.717, 1.165) is 16.7 Å². The second kappa shape index (κ2) is 8.69. The van der Waals surface area contributed by atoms with Crippen molar-refractivity contribution in [2.75, 3.05) is 0 Å². The summed E-state index contributed by atoms with van der Waals surface area (Å²) in [5, 5.41) is 3.35. The number of hydrogen-bond acceptors (Lipinski definition) is 3. The number of halogens is 5. The molecule has 3 rings (SSSR count). The number of benzene rings is 1. The molecule has 1 aliphatic rings. The van der Waals surface area contributed by atoms with E-state index in [2.05, 4.69) is 26.2 Å². The van der Waals surface area contributed by atoms with Gasteiger partial charge in [-0.3, -0.25) is 4.79 Å². The molecule has 150 valence electrons. The zero-order valence-corrected chi connectivity index (χ0v) is 16.9. The molecule has 1 aliphatic carbocycles. The lowest BCUT2D eigenvalue weighted by Crippen LogP contribution is -2.39. The van der Waals surface area contributed by atoms with Gasteiger partial charge in [-0.25, -0.2) is 4.98 Å². The molecule has 1 heterocycles. The van der Waals surface area contributed by atoms with Gasteiger partial charge in [0.15, 0.2) is 0 Å². The van der Waals surface area contributed by atoms with Crippen molar-refractivity contribution in [1.82, 2.24) is 10.3 Å². The van der Waals surface area contributed by atoms with Crippen LogP contribution in [0.4, 0.5) is 13.2 Å². The smallest absolute Gasteiger partial charge is 0.417 e. The third-order valence-corrected chi connectivity index (χ3v) is 5.36. The monoisotopic (exact) mass is 476 g/mol. The fraction of sp³-hybridized carbons (Fsp3) is 0.368. The van der Waals surface area contributed by atoms with Gasteiger partial charge in [-0.05, 0) is 49.9 Å². The largest absolute Gasteiger partial charge is 0.474 e. The van der Waals surface area contributed by atoms with E-state index in [1.54, 1.807) is 18.2 Å². The average Bonchev–Trinajstić information content (AvgIpc) is 2.65. The minimum atomic E-state index is -4.42. The van der Waals surface area contributed by atoms with Crippen LogP contribution in [-0.2, 0) is 6.18 Å². The predicted molar refractivity (Wildman–Crippen MR) is 103 cm³/mol. The molecule has 0 atom stereocenters. The van der Waals surface area contributed by atoms with Crippen LogP contribution in [0.5, 0.6) is 5.88 Å². The summed E-state index contributed by atoms with van der Waals surface area (Å²) in [5.74, 6) is -0.0681. The van der Waals surface area contributed by atoms with Crippen LogP contribution in [0.2, 0.25) is 5.02 Å². The summed E-state index contributed by atoms with van der Waals surface area (Å²) in [7, 11) is 0. The van der Waals surface area contributed by atoms with Crippen molar-refractivity contribution in [3.63, 3.8) is 0 Å². The van der Waals surface area contributed by atoms with E-state index in [0.29, 0.717) is 36.3 Å². The fourth-order valence-corrected chi connectivity index (χ4v) is 3.61. The van der Waals surface area contributed by atoms with Crippen molar-refractivity contribution in [1.29, 1.82) is 0 Å². The molecule has 0 radical (unpaired) electrons. The van der Waals surface area contributed by atoms with Gasteiger partial charge in [-0.2, -0.15) is 13.2 Å². The maximum absolute atomic E-state index is 12.6. The first-order valence-corrected chi connectivity index (χ1v) is 9.85. The molecule has 4 nitrogen and oxygen atoms in total. The topological polar surface area (TPSA) is 51.2 Å². The third kappa shape index (κ3) is 5.38. The number of hydrogen-bond donors (Lipinski definition) is 1. The highest BCUT2D eigenvalue weighted by Gasteiger charge is 2.31. The van der Waals surface area contributed by atoms with Crippen molar-refractivity contribution in [3.8, 4) is 5.88 Å². The molecular formula is C19H17BrClF3N2O2. The van der Waals surface area contributed by atoms with Crippen molar-refractivity contribution < 1.29 is 22.7 Å². The number of carbonyl (C=O) groups excluding carboxylic acids is 1. The molecule has 2 aromatic rings. The van der Waals surface area contributed by atoms with E-state index in [1.807, 2.05) is 0 Å². The maximum Gasteiger partial charge on any atom is 0.417 e. The standard InChI is InChI=1S/C19H17BrClF3N2O2/c20-12-2-7-16(21)15(9-12)18(27)26-13-3-5-14(6-4-13)28-17-8-1-11(10-25-17)19(22,23)24/h1-2,7-10,13-14H,3-6H2,(H,26,27). The zero-order valence-electron chi connectivity index (χ0n) is 14.6. The fourth-order valence-electron chi connectivity index (χ4n) is 3.05. The maximum atomic E-state index is 12.6. The molecular weight excluding hydrogens is 461 g/mol. The summed E-state index contributed by atoms with van der Waals surface area (Å²) in [5.41, 5.74) is -0.402. The number of alkyl halides is 3. The lowest BCUT2D eigenvalue weighted by Gasteiger charge is -2.29. The van der Waals surface area contributed by atoms with Gasteiger partial charge in [0, 0.05) is 22.8 Å².